The second-order valence-corrected chi connectivity index (χ2v) is 5.62. The molecule has 0 spiro atoms. The standard InChI is InChI=1S/C13H17BrClNO/c1-4-12(8(2)3)16-13(17)9-5-6-11(15)10(14)7-9/h5-8,12H,4H2,1-3H3,(H,16,17). The molecule has 0 aliphatic rings. The lowest BCUT2D eigenvalue weighted by molar-refractivity contribution is 0.0924. The van der Waals surface area contributed by atoms with Crippen molar-refractivity contribution in [3.05, 3.63) is 33.3 Å². The fraction of sp³-hybridized carbons (Fsp3) is 0.462. The van der Waals surface area contributed by atoms with Gasteiger partial charge >= 0.3 is 0 Å². The maximum absolute atomic E-state index is 12.0. The van der Waals surface area contributed by atoms with Crippen molar-refractivity contribution in [1.29, 1.82) is 0 Å². The summed E-state index contributed by atoms with van der Waals surface area (Å²) in [6, 6.07) is 5.40. The first-order chi connectivity index (χ1) is 7.95. The number of hydrogen-bond acceptors (Lipinski definition) is 1. The molecule has 0 saturated heterocycles. The smallest absolute Gasteiger partial charge is 0.251 e. The van der Waals surface area contributed by atoms with Crippen LogP contribution in [0.3, 0.4) is 0 Å². The van der Waals surface area contributed by atoms with E-state index < -0.39 is 0 Å². The van der Waals surface area contributed by atoms with Crippen LogP contribution in [0.25, 0.3) is 0 Å². The Kier molecular flexibility index (Phi) is 5.47. The van der Waals surface area contributed by atoms with Gasteiger partial charge in [-0.2, -0.15) is 0 Å². The number of hydrogen-bond donors (Lipinski definition) is 1. The minimum atomic E-state index is -0.0529. The van der Waals surface area contributed by atoms with Gasteiger partial charge in [-0.1, -0.05) is 32.4 Å². The summed E-state index contributed by atoms with van der Waals surface area (Å²) in [6.07, 6.45) is 0.929. The average Bonchev–Trinajstić information content (AvgIpc) is 2.28. The molecule has 4 heteroatoms. The molecular weight excluding hydrogens is 302 g/mol. The lowest BCUT2D eigenvalue weighted by Gasteiger charge is -2.20. The highest BCUT2D eigenvalue weighted by Crippen LogP contribution is 2.23. The average molecular weight is 319 g/mol. The highest BCUT2D eigenvalue weighted by Gasteiger charge is 2.15. The molecule has 94 valence electrons. The number of nitrogens with one attached hydrogen (secondary N) is 1. The van der Waals surface area contributed by atoms with E-state index in [-0.39, 0.29) is 11.9 Å². The van der Waals surface area contributed by atoms with Crippen LogP contribution in [0.2, 0.25) is 5.02 Å². The van der Waals surface area contributed by atoms with Crippen LogP contribution in [0.1, 0.15) is 37.6 Å². The topological polar surface area (TPSA) is 29.1 Å². The Morgan fingerprint density at radius 2 is 2.12 bits per heavy atom. The van der Waals surface area contributed by atoms with Crippen molar-refractivity contribution in [1.82, 2.24) is 5.32 Å². The number of carbonyl (C=O) groups is 1. The van der Waals surface area contributed by atoms with Gasteiger partial charge in [0, 0.05) is 16.1 Å². The molecule has 0 aromatic heterocycles. The molecular formula is C13H17BrClNO. The van der Waals surface area contributed by atoms with E-state index in [0.29, 0.717) is 16.5 Å². The second-order valence-electron chi connectivity index (χ2n) is 4.36. The summed E-state index contributed by atoms with van der Waals surface area (Å²) in [5, 5.41) is 3.63. The normalized spacial score (nSPS) is 12.6. The third-order valence-electron chi connectivity index (χ3n) is 2.74. The fourth-order valence-electron chi connectivity index (χ4n) is 1.63. The number of halogens is 2. The molecule has 17 heavy (non-hydrogen) atoms. The van der Waals surface area contributed by atoms with Crippen LogP contribution >= 0.6 is 27.5 Å². The zero-order valence-corrected chi connectivity index (χ0v) is 12.6. The Morgan fingerprint density at radius 1 is 1.47 bits per heavy atom. The molecule has 0 heterocycles. The molecule has 1 unspecified atom stereocenters. The quantitative estimate of drug-likeness (QED) is 0.882. The summed E-state index contributed by atoms with van der Waals surface area (Å²) >= 11 is 9.20. The van der Waals surface area contributed by atoms with Crippen molar-refractivity contribution in [3.63, 3.8) is 0 Å². The Hall–Kier alpha value is -0.540. The molecule has 1 aromatic rings. The number of benzene rings is 1. The third kappa shape index (κ3) is 4.00. The van der Waals surface area contributed by atoms with Crippen molar-refractivity contribution in [2.45, 2.75) is 33.2 Å². The zero-order valence-electron chi connectivity index (χ0n) is 10.3. The van der Waals surface area contributed by atoms with E-state index in [1.807, 2.05) is 0 Å². The predicted octanol–water partition coefficient (Wildman–Crippen LogP) is 4.27. The first-order valence-electron chi connectivity index (χ1n) is 5.71. The Balaban J connectivity index is 2.79. The number of amides is 1. The molecule has 1 amide bonds. The van der Waals surface area contributed by atoms with Gasteiger partial charge in [0.15, 0.2) is 0 Å². The SMILES string of the molecule is CCC(NC(=O)c1ccc(Cl)c(Br)c1)C(C)C. The van der Waals surface area contributed by atoms with E-state index >= 15 is 0 Å². The van der Waals surface area contributed by atoms with E-state index in [9.17, 15) is 4.79 Å². The first kappa shape index (κ1) is 14.5. The van der Waals surface area contributed by atoms with Gasteiger partial charge in [-0.15, -0.1) is 0 Å². The summed E-state index contributed by atoms with van der Waals surface area (Å²) in [5.41, 5.74) is 0.625. The van der Waals surface area contributed by atoms with E-state index in [2.05, 4.69) is 42.0 Å². The van der Waals surface area contributed by atoms with Gasteiger partial charge in [0.05, 0.1) is 5.02 Å². The second kappa shape index (κ2) is 6.41. The molecule has 0 fully saturated rings. The van der Waals surface area contributed by atoms with Gasteiger partial charge in [0.1, 0.15) is 0 Å². The van der Waals surface area contributed by atoms with Gasteiger partial charge in [-0.3, -0.25) is 4.79 Å². The van der Waals surface area contributed by atoms with Crippen molar-refractivity contribution in [3.8, 4) is 0 Å². The van der Waals surface area contributed by atoms with Crippen LogP contribution in [0, 0.1) is 5.92 Å². The fourth-order valence-corrected chi connectivity index (χ4v) is 2.13. The highest BCUT2D eigenvalue weighted by atomic mass is 79.9. The molecule has 1 atom stereocenters. The molecule has 1 aromatic carbocycles. The summed E-state index contributed by atoms with van der Waals surface area (Å²) in [7, 11) is 0. The molecule has 0 radical (unpaired) electrons. The molecule has 0 bridgehead atoms. The van der Waals surface area contributed by atoms with E-state index in [4.69, 9.17) is 11.6 Å². The minimum Gasteiger partial charge on any atom is -0.349 e. The maximum atomic E-state index is 12.0. The maximum Gasteiger partial charge on any atom is 0.251 e. The molecule has 2 nitrogen and oxygen atoms in total. The molecule has 1 N–H and O–H groups in total. The van der Waals surface area contributed by atoms with E-state index in [1.165, 1.54) is 0 Å². The Bertz CT molecular complexity index is 406. The molecule has 1 rings (SSSR count). The van der Waals surface area contributed by atoms with Crippen molar-refractivity contribution in [2.75, 3.05) is 0 Å². The van der Waals surface area contributed by atoms with Crippen molar-refractivity contribution < 1.29 is 4.79 Å². The van der Waals surface area contributed by atoms with E-state index in [1.54, 1.807) is 18.2 Å². The molecule has 0 saturated carbocycles. The zero-order chi connectivity index (χ0) is 13.0. The van der Waals surface area contributed by atoms with Crippen LogP contribution in [0.15, 0.2) is 22.7 Å². The summed E-state index contributed by atoms with van der Waals surface area (Å²) in [6.45, 7) is 6.28. The third-order valence-corrected chi connectivity index (χ3v) is 3.96. The predicted molar refractivity (Wildman–Crippen MR) is 75.5 cm³/mol. The van der Waals surface area contributed by atoms with Crippen LogP contribution in [0.5, 0.6) is 0 Å². The first-order valence-corrected chi connectivity index (χ1v) is 6.88. The van der Waals surface area contributed by atoms with Gasteiger partial charge in [0.2, 0.25) is 0 Å². The van der Waals surface area contributed by atoms with Crippen molar-refractivity contribution >= 4 is 33.4 Å². The monoisotopic (exact) mass is 317 g/mol. The van der Waals surface area contributed by atoms with Crippen LogP contribution in [-0.4, -0.2) is 11.9 Å². The van der Waals surface area contributed by atoms with Crippen LogP contribution < -0.4 is 5.32 Å². The van der Waals surface area contributed by atoms with Crippen LogP contribution in [-0.2, 0) is 0 Å². The van der Waals surface area contributed by atoms with Crippen molar-refractivity contribution in [2.24, 2.45) is 5.92 Å². The highest BCUT2D eigenvalue weighted by molar-refractivity contribution is 9.10. The Labute approximate surface area is 116 Å². The largest absolute Gasteiger partial charge is 0.349 e. The summed E-state index contributed by atoms with van der Waals surface area (Å²) in [5.74, 6) is 0.377. The number of carbonyl (C=O) groups excluding carboxylic acids is 1. The lowest BCUT2D eigenvalue weighted by atomic mass is 10.0. The van der Waals surface area contributed by atoms with Crippen LogP contribution in [0.4, 0.5) is 0 Å². The van der Waals surface area contributed by atoms with Gasteiger partial charge < -0.3 is 5.32 Å². The summed E-state index contributed by atoms with van der Waals surface area (Å²) in [4.78, 5) is 12.0. The minimum absolute atomic E-state index is 0.0529. The van der Waals surface area contributed by atoms with Gasteiger partial charge in [-0.05, 0) is 46.5 Å². The van der Waals surface area contributed by atoms with Gasteiger partial charge in [-0.25, -0.2) is 0 Å². The lowest BCUT2D eigenvalue weighted by Crippen LogP contribution is -2.37. The molecule has 0 aliphatic carbocycles. The summed E-state index contributed by atoms with van der Waals surface area (Å²) < 4.78 is 0.740. The van der Waals surface area contributed by atoms with Gasteiger partial charge in [0.25, 0.3) is 5.91 Å². The number of rotatable bonds is 4. The van der Waals surface area contributed by atoms with E-state index in [0.717, 1.165) is 10.9 Å². The molecule has 0 aliphatic heterocycles. The Morgan fingerprint density at radius 3 is 2.59 bits per heavy atom.